The zero-order chi connectivity index (χ0) is 27.6. The highest BCUT2D eigenvalue weighted by Crippen LogP contribution is 2.28. The normalized spacial score (nSPS) is 15.4. The molecule has 1 atom stereocenters. The van der Waals surface area contributed by atoms with Crippen LogP contribution in [-0.4, -0.2) is 56.8 Å². The topological polar surface area (TPSA) is 139 Å². The summed E-state index contributed by atoms with van der Waals surface area (Å²) in [5, 5.41) is 8.79. The fraction of sp³-hybridized carbons (Fsp3) is 0.308. The number of halogens is 1. The number of fused-ring (bicyclic) bond motifs is 1. The minimum Gasteiger partial charge on any atom is -0.442 e. The van der Waals surface area contributed by atoms with Crippen LogP contribution in [0, 0.1) is 0 Å². The number of carbonyl (C=O) groups excluding carboxylic acids is 4. The Morgan fingerprint density at radius 1 is 1.11 bits per heavy atom. The Bertz CT molecular complexity index is 1400. The van der Waals surface area contributed by atoms with Crippen molar-refractivity contribution in [2.75, 3.05) is 11.9 Å². The number of para-hydroxylation sites is 1. The molecule has 2 aromatic carbocycles. The molecule has 38 heavy (non-hydrogen) atoms. The van der Waals surface area contributed by atoms with Gasteiger partial charge in [0, 0.05) is 29.7 Å². The second-order valence-corrected chi connectivity index (χ2v) is 10.2. The lowest BCUT2D eigenvalue weighted by atomic mass is 10.2. The Balaban J connectivity index is 1.60. The van der Waals surface area contributed by atoms with Crippen LogP contribution in [0.25, 0.3) is 10.9 Å². The van der Waals surface area contributed by atoms with Gasteiger partial charge in [-0.25, -0.2) is 24.4 Å². The summed E-state index contributed by atoms with van der Waals surface area (Å²) >= 11 is 6.04. The van der Waals surface area contributed by atoms with Gasteiger partial charge in [-0.1, -0.05) is 41.9 Å². The molecular weight excluding hydrogens is 512 g/mol. The van der Waals surface area contributed by atoms with Crippen LogP contribution in [0.5, 0.6) is 0 Å². The van der Waals surface area contributed by atoms with Gasteiger partial charge in [0.1, 0.15) is 11.6 Å². The maximum absolute atomic E-state index is 13.6. The van der Waals surface area contributed by atoms with Crippen molar-refractivity contribution in [3.8, 4) is 0 Å². The Morgan fingerprint density at radius 2 is 1.84 bits per heavy atom. The summed E-state index contributed by atoms with van der Waals surface area (Å²) in [7, 11) is 0. The maximum Gasteiger partial charge on any atom is 0.429 e. The van der Waals surface area contributed by atoms with E-state index in [2.05, 4.69) is 10.6 Å². The first kappa shape index (κ1) is 26.8. The van der Waals surface area contributed by atoms with Crippen molar-refractivity contribution in [2.45, 2.75) is 45.4 Å². The Labute approximate surface area is 224 Å². The molecule has 0 spiro atoms. The zero-order valence-electron chi connectivity index (χ0n) is 21.2. The summed E-state index contributed by atoms with van der Waals surface area (Å²) < 4.78 is 6.69. The summed E-state index contributed by atoms with van der Waals surface area (Å²) in [5.74, 6) is -0.453. The van der Waals surface area contributed by atoms with E-state index in [9.17, 15) is 19.2 Å². The molecule has 1 unspecified atom stereocenters. The van der Waals surface area contributed by atoms with E-state index in [4.69, 9.17) is 22.1 Å². The minimum atomic E-state index is -0.994. The number of carbonyl (C=O) groups is 4. The molecule has 1 aliphatic rings. The molecule has 5 amide bonds. The highest BCUT2D eigenvalue weighted by Gasteiger charge is 2.44. The van der Waals surface area contributed by atoms with Crippen molar-refractivity contribution < 1.29 is 23.9 Å². The highest BCUT2D eigenvalue weighted by atomic mass is 35.5. The first-order valence-corrected chi connectivity index (χ1v) is 12.3. The number of hydrogen-bond acceptors (Lipinski definition) is 5. The molecule has 12 heteroatoms. The van der Waals surface area contributed by atoms with Gasteiger partial charge >= 0.3 is 18.2 Å². The maximum atomic E-state index is 13.6. The number of ether oxygens (including phenoxy) is 1. The zero-order valence-corrected chi connectivity index (χ0v) is 22.0. The van der Waals surface area contributed by atoms with E-state index in [0.29, 0.717) is 21.6 Å². The number of nitrogens with zero attached hydrogens (tertiary/aromatic N) is 3. The minimum absolute atomic E-state index is 0.0840. The van der Waals surface area contributed by atoms with Crippen LogP contribution in [0.15, 0.2) is 54.7 Å². The molecule has 3 aromatic rings. The van der Waals surface area contributed by atoms with Gasteiger partial charge in [0.2, 0.25) is 5.91 Å². The van der Waals surface area contributed by atoms with E-state index >= 15 is 0 Å². The molecule has 0 aliphatic carbocycles. The third kappa shape index (κ3) is 5.83. The van der Waals surface area contributed by atoms with E-state index in [-0.39, 0.29) is 19.5 Å². The number of nitrogens with two attached hydrogens (primary N) is 1. The first-order chi connectivity index (χ1) is 17.9. The van der Waals surface area contributed by atoms with E-state index in [1.54, 1.807) is 63.2 Å². The van der Waals surface area contributed by atoms with Crippen LogP contribution in [0.4, 0.5) is 20.1 Å². The molecule has 4 N–H and O–H groups in total. The number of hydrazine groups is 1. The SMILES string of the molecule is CC(C)(C)OC(=O)N1CCC(C(=O)NCc2cccc(Cl)c2)N1C(=O)Nc1cn(C(N)=O)c2ccccc12. The lowest BCUT2D eigenvalue weighted by Gasteiger charge is -2.32. The molecule has 2 heterocycles. The molecule has 0 saturated carbocycles. The number of urea groups is 1. The van der Waals surface area contributed by atoms with Crippen LogP contribution < -0.4 is 16.4 Å². The fourth-order valence-electron chi connectivity index (χ4n) is 4.22. The van der Waals surface area contributed by atoms with Crippen molar-refractivity contribution in [1.82, 2.24) is 19.9 Å². The number of amides is 5. The van der Waals surface area contributed by atoms with Gasteiger partial charge in [-0.3, -0.25) is 9.36 Å². The number of anilines is 1. The Kier molecular flexibility index (Phi) is 7.49. The first-order valence-electron chi connectivity index (χ1n) is 12.0. The Hall–Kier alpha value is -4.25. The van der Waals surface area contributed by atoms with Gasteiger partial charge in [-0.15, -0.1) is 0 Å². The molecule has 200 valence electrons. The summed E-state index contributed by atoms with van der Waals surface area (Å²) in [6.45, 7) is 5.39. The molecule has 1 aliphatic heterocycles. The highest BCUT2D eigenvalue weighted by molar-refractivity contribution is 6.30. The third-order valence-electron chi connectivity index (χ3n) is 5.83. The van der Waals surface area contributed by atoms with Crippen LogP contribution >= 0.6 is 11.6 Å². The predicted octanol–water partition coefficient (Wildman–Crippen LogP) is 4.30. The Morgan fingerprint density at radius 3 is 2.53 bits per heavy atom. The molecule has 1 aromatic heterocycles. The van der Waals surface area contributed by atoms with Gasteiger partial charge in [0.25, 0.3) is 0 Å². The quantitative estimate of drug-likeness (QED) is 0.453. The second kappa shape index (κ2) is 10.6. The molecule has 0 bridgehead atoms. The lowest BCUT2D eigenvalue weighted by Crippen LogP contribution is -2.55. The van der Waals surface area contributed by atoms with E-state index in [1.807, 2.05) is 6.07 Å². The smallest absolute Gasteiger partial charge is 0.429 e. The average Bonchev–Trinajstić information content (AvgIpc) is 3.44. The average molecular weight is 541 g/mol. The molecular formula is C26H29ClN6O5. The lowest BCUT2D eigenvalue weighted by molar-refractivity contribution is -0.127. The van der Waals surface area contributed by atoms with Crippen LogP contribution in [0.3, 0.4) is 0 Å². The van der Waals surface area contributed by atoms with Gasteiger partial charge in [0.05, 0.1) is 11.2 Å². The largest absolute Gasteiger partial charge is 0.442 e. The number of primary amides is 1. The number of rotatable bonds is 4. The number of nitrogens with one attached hydrogen (secondary N) is 2. The number of aromatic nitrogens is 1. The molecule has 0 radical (unpaired) electrons. The van der Waals surface area contributed by atoms with Crippen LogP contribution in [-0.2, 0) is 16.1 Å². The van der Waals surface area contributed by atoms with E-state index < -0.39 is 35.7 Å². The van der Waals surface area contributed by atoms with Gasteiger partial charge < -0.3 is 21.1 Å². The molecule has 1 saturated heterocycles. The van der Waals surface area contributed by atoms with Gasteiger partial charge in [-0.2, -0.15) is 0 Å². The molecule has 11 nitrogen and oxygen atoms in total. The summed E-state index contributed by atoms with van der Waals surface area (Å²) in [6, 6.07) is 11.5. The van der Waals surface area contributed by atoms with E-state index in [0.717, 1.165) is 15.6 Å². The predicted molar refractivity (Wildman–Crippen MR) is 142 cm³/mol. The third-order valence-corrected chi connectivity index (χ3v) is 6.07. The summed E-state index contributed by atoms with van der Waals surface area (Å²) in [6.07, 6.45) is 0.821. The van der Waals surface area contributed by atoms with Gasteiger partial charge in [-0.05, 0) is 51.0 Å². The second-order valence-electron chi connectivity index (χ2n) is 9.80. The number of benzene rings is 2. The fourth-order valence-corrected chi connectivity index (χ4v) is 4.43. The summed E-state index contributed by atoms with van der Waals surface area (Å²) in [5.41, 5.74) is 6.24. The molecule has 1 fully saturated rings. The molecule has 4 rings (SSSR count). The monoisotopic (exact) mass is 540 g/mol. The standard InChI is InChI=1S/C26H29ClN6O5/c1-26(2,3)38-25(37)32-12-11-21(22(34)29-14-16-7-6-8-17(27)13-16)33(32)24(36)30-19-15-31(23(28)35)20-10-5-4-9-18(19)20/h4-10,13,15,21H,11-12,14H2,1-3H3,(H2,28,35)(H,29,34)(H,30,36). The van der Waals surface area contributed by atoms with Crippen LogP contribution in [0.2, 0.25) is 5.02 Å². The van der Waals surface area contributed by atoms with E-state index in [1.165, 1.54) is 10.8 Å². The van der Waals surface area contributed by atoms with Crippen molar-refractivity contribution >= 4 is 52.3 Å². The van der Waals surface area contributed by atoms with Crippen LogP contribution in [0.1, 0.15) is 32.8 Å². The van der Waals surface area contributed by atoms with Crippen molar-refractivity contribution in [2.24, 2.45) is 5.73 Å². The van der Waals surface area contributed by atoms with Crippen molar-refractivity contribution in [3.05, 3.63) is 65.3 Å². The van der Waals surface area contributed by atoms with Gasteiger partial charge in [0.15, 0.2) is 0 Å². The number of hydrogen-bond donors (Lipinski definition) is 3. The van der Waals surface area contributed by atoms with Crippen molar-refractivity contribution in [1.29, 1.82) is 0 Å². The summed E-state index contributed by atoms with van der Waals surface area (Å²) in [4.78, 5) is 51.7. The van der Waals surface area contributed by atoms with Crippen molar-refractivity contribution in [3.63, 3.8) is 0 Å².